The number of non-ortho nitro benzene ring substituents is 1. The van der Waals surface area contributed by atoms with E-state index >= 15 is 0 Å². The molecule has 0 N–H and O–H groups in total. The van der Waals surface area contributed by atoms with Crippen LogP contribution in [0.2, 0.25) is 0 Å². The second-order valence-electron chi connectivity index (χ2n) is 3.50. The molecule has 0 atom stereocenters. The van der Waals surface area contributed by atoms with Crippen LogP contribution in [0.3, 0.4) is 0 Å². The second kappa shape index (κ2) is 4.57. The van der Waals surface area contributed by atoms with Crippen LogP contribution in [0.5, 0.6) is 0 Å². The van der Waals surface area contributed by atoms with Gasteiger partial charge in [0, 0.05) is 36.0 Å². The van der Waals surface area contributed by atoms with Gasteiger partial charge in [0.15, 0.2) is 0 Å². The summed E-state index contributed by atoms with van der Waals surface area (Å²) in [6, 6.07) is 6.96. The molecule has 0 bridgehead atoms. The molecule has 0 unspecified atom stereocenters. The van der Waals surface area contributed by atoms with Crippen molar-refractivity contribution in [3.8, 4) is 0 Å². The third-order valence-electron chi connectivity index (χ3n) is 2.50. The Balaban J connectivity index is 2.43. The minimum atomic E-state index is -0.356. The van der Waals surface area contributed by atoms with Crippen LogP contribution in [0.1, 0.15) is 0 Å². The molecule has 16 heavy (non-hydrogen) atoms. The van der Waals surface area contributed by atoms with Crippen molar-refractivity contribution < 1.29 is 4.92 Å². The number of thioether (sulfide) groups is 1. The molecular weight excluding hydrogens is 224 g/mol. The van der Waals surface area contributed by atoms with Crippen molar-refractivity contribution >= 4 is 28.4 Å². The Morgan fingerprint density at radius 3 is 2.94 bits per heavy atom. The number of nitrogens with zero attached hydrogens (tertiary/aromatic N) is 2. The van der Waals surface area contributed by atoms with Crippen molar-refractivity contribution in [1.29, 1.82) is 0 Å². The largest absolute Gasteiger partial charge is 0.346 e. The number of aromatic nitrogens is 1. The van der Waals surface area contributed by atoms with E-state index in [1.807, 2.05) is 18.5 Å². The number of nitro groups is 1. The minimum Gasteiger partial charge on any atom is -0.346 e. The van der Waals surface area contributed by atoms with Gasteiger partial charge >= 0.3 is 0 Å². The highest BCUT2D eigenvalue weighted by Gasteiger charge is 2.08. The summed E-state index contributed by atoms with van der Waals surface area (Å²) in [6.45, 7) is 0.881. The summed E-state index contributed by atoms with van der Waals surface area (Å²) in [5.74, 6) is 1.01. The Hall–Kier alpha value is -1.49. The van der Waals surface area contributed by atoms with Crippen LogP contribution in [-0.2, 0) is 6.54 Å². The molecule has 84 valence electrons. The lowest BCUT2D eigenvalue weighted by molar-refractivity contribution is -0.384. The molecule has 1 heterocycles. The highest BCUT2D eigenvalue weighted by atomic mass is 32.2. The molecule has 1 aromatic heterocycles. The van der Waals surface area contributed by atoms with E-state index in [0.29, 0.717) is 0 Å². The van der Waals surface area contributed by atoms with E-state index in [2.05, 4.69) is 4.57 Å². The van der Waals surface area contributed by atoms with Crippen LogP contribution in [0.15, 0.2) is 30.5 Å². The van der Waals surface area contributed by atoms with Crippen LogP contribution >= 0.6 is 11.8 Å². The number of hydrogen-bond donors (Lipinski definition) is 0. The molecule has 5 heteroatoms. The first kappa shape index (κ1) is 11.0. The van der Waals surface area contributed by atoms with Crippen molar-refractivity contribution in [3.63, 3.8) is 0 Å². The first-order valence-electron chi connectivity index (χ1n) is 4.94. The number of hydrogen-bond acceptors (Lipinski definition) is 3. The van der Waals surface area contributed by atoms with Crippen molar-refractivity contribution in [3.05, 3.63) is 40.6 Å². The van der Waals surface area contributed by atoms with Gasteiger partial charge in [0.1, 0.15) is 0 Å². The molecule has 0 saturated heterocycles. The molecular formula is C11H12N2O2S. The lowest BCUT2D eigenvalue weighted by Crippen LogP contribution is -1.98. The van der Waals surface area contributed by atoms with Crippen molar-refractivity contribution in [2.24, 2.45) is 0 Å². The summed E-state index contributed by atoms with van der Waals surface area (Å²) in [7, 11) is 0. The van der Waals surface area contributed by atoms with E-state index in [9.17, 15) is 10.1 Å². The van der Waals surface area contributed by atoms with Crippen LogP contribution in [0.4, 0.5) is 5.69 Å². The summed E-state index contributed by atoms with van der Waals surface area (Å²) < 4.78 is 2.05. The van der Waals surface area contributed by atoms with Crippen molar-refractivity contribution in [2.75, 3.05) is 12.0 Å². The van der Waals surface area contributed by atoms with E-state index in [-0.39, 0.29) is 10.6 Å². The van der Waals surface area contributed by atoms with Crippen molar-refractivity contribution in [2.45, 2.75) is 6.54 Å². The maximum atomic E-state index is 10.7. The number of benzene rings is 1. The van der Waals surface area contributed by atoms with E-state index in [4.69, 9.17) is 0 Å². The number of rotatable bonds is 4. The predicted molar refractivity (Wildman–Crippen MR) is 67.0 cm³/mol. The average molecular weight is 236 g/mol. The highest BCUT2D eigenvalue weighted by molar-refractivity contribution is 7.98. The third kappa shape index (κ3) is 2.04. The highest BCUT2D eigenvalue weighted by Crippen LogP contribution is 2.22. The molecule has 0 aliphatic carbocycles. The smallest absolute Gasteiger partial charge is 0.271 e. The zero-order valence-electron chi connectivity index (χ0n) is 8.92. The van der Waals surface area contributed by atoms with Crippen LogP contribution < -0.4 is 0 Å². The topological polar surface area (TPSA) is 48.1 Å². The van der Waals surface area contributed by atoms with Gasteiger partial charge in [-0.05, 0) is 18.4 Å². The SMILES string of the molecule is CSCCn1ccc2ccc([N+](=O)[O-])cc21. The van der Waals surface area contributed by atoms with Gasteiger partial charge in [-0.15, -0.1) is 0 Å². The molecule has 0 radical (unpaired) electrons. The fourth-order valence-electron chi connectivity index (χ4n) is 1.67. The molecule has 0 fully saturated rings. The number of nitro benzene ring substituents is 1. The monoisotopic (exact) mass is 236 g/mol. The van der Waals surface area contributed by atoms with Crippen LogP contribution in [0.25, 0.3) is 10.9 Å². The van der Waals surface area contributed by atoms with Crippen LogP contribution in [0, 0.1) is 10.1 Å². The lowest BCUT2D eigenvalue weighted by Gasteiger charge is -2.03. The Morgan fingerprint density at radius 2 is 2.25 bits per heavy atom. The maximum absolute atomic E-state index is 10.7. The molecule has 2 aromatic rings. The minimum absolute atomic E-state index is 0.150. The standard InChI is InChI=1S/C11H12N2O2S/c1-16-7-6-12-5-4-9-2-3-10(13(14)15)8-11(9)12/h2-5,8H,6-7H2,1H3. The van der Waals surface area contributed by atoms with Gasteiger partial charge in [-0.25, -0.2) is 0 Å². The Bertz CT molecular complexity index is 522. The lowest BCUT2D eigenvalue weighted by atomic mass is 10.2. The Labute approximate surface area is 97.4 Å². The predicted octanol–water partition coefficient (Wildman–Crippen LogP) is 2.91. The van der Waals surface area contributed by atoms with Gasteiger partial charge in [-0.1, -0.05) is 0 Å². The van der Waals surface area contributed by atoms with Gasteiger partial charge in [0.05, 0.1) is 10.4 Å². The van der Waals surface area contributed by atoms with E-state index < -0.39 is 0 Å². The number of aryl methyl sites for hydroxylation is 1. The fourth-order valence-corrected chi connectivity index (χ4v) is 2.05. The average Bonchev–Trinajstić information content (AvgIpc) is 2.68. The zero-order valence-corrected chi connectivity index (χ0v) is 9.74. The van der Waals surface area contributed by atoms with Crippen molar-refractivity contribution in [1.82, 2.24) is 4.57 Å². The van der Waals surface area contributed by atoms with Crippen LogP contribution in [-0.4, -0.2) is 21.5 Å². The molecule has 0 spiro atoms. The molecule has 1 aromatic carbocycles. The molecule has 0 saturated carbocycles. The molecule has 0 aliphatic rings. The summed E-state index contributed by atoms with van der Waals surface area (Å²) in [6.07, 6.45) is 4.03. The van der Waals surface area contributed by atoms with E-state index in [0.717, 1.165) is 23.2 Å². The Kier molecular flexibility index (Phi) is 3.14. The molecule has 2 rings (SSSR count). The quantitative estimate of drug-likeness (QED) is 0.605. The Morgan fingerprint density at radius 1 is 1.44 bits per heavy atom. The molecule has 0 amide bonds. The van der Waals surface area contributed by atoms with Gasteiger partial charge < -0.3 is 4.57 Å². The zero-order chi connectivity index (χ0) is 11.5. The van der Waals surface area contributed by atoms with E-state index in [1.165, 1.54) is 0 Å². The first-order chi connectivity index (χ1) is 7.72. The van der Waals surface area contributed by atoms with Gasteiger partial charge in [0.25, 0.3) is 5.69 Å². The summed E-state index contributed by atoms with van der Waals surface area (Å²) in [5.41, 5.74) is 1.08. The van der Waals surface area contributed by atoms with E-state index in [1.54, 1.807) is 30.0 Å². The third-order valence-corrected chi connectivity index (χ3v) is 3.10. The first-order valence-corrected chi connectivity index (χ1v) is 6.34. The summed E-state index contributed by atoms with van der Waals surface area (Å²) in [5, 5.41) is 11.7. The van der Waals surface area contributed by atoms with Gasteiger partial charge in [-0.3, -0.25) is 10.1 Å². The summed E-state index contributed by atoms with van der Waals surface area (Å²) in [4.78, 5) is 10.3. The summed E-state index contributed by atoms with van der Waals surface area (Å²) >= 11 is 1.76. The second-order valence-corrected chi connectivity index (χ2v) is 4.49. The fraction of sp³-hybridized carbons (Fsp3) is 0.273. The van der Waals surface area contributed by atoms with Gasteiger partial charge in [0.2, 0.25) is 0 Å². The number of fused-ring (bicyclic) bond motifs is 1. The molecule has 4 nitrogen and oxygen atoms in total. The maximum Gasteiger partial charge on any atom is 0.271 e. The normalized spacial score (nSPS) is 10.8. The molecule has 0 aliphatic heterocycles. The van der Waals surface area contributed by atoms with Gasteiger partial charge in [-0.2, -0.15) is 11.8 Å².